The van der Waals surface area contributed by atoms with Crippen LogP contribution in [0.15, 0.2) is 78.9 Å². The molecule has 38 heavy (non-hydrogen) atoms. The smallest absolute Gasteiger partial charge is 0.249 e. The molecular formula is C29H29F2N3O4. The lowest BCUT2D eigenvalue weighted by atomic mass is 9.97. The Balaban J connectivity index is 1.80. The van der Waals surface area contributed by atoms with Crippen molar-refractivity contribution in [1.29, 1.82) is 0 Å². The first-order valence-corrected chi connectivity index (χ1v) is 12.2. The number of nitrogens with two attached hydrogens (primary N) is 1. The van der Waals surface area contributed by atoms with Crippen molar-refractivity contribution in [3.05, 3.63) is 107 Å². The molecule has 198 valence electrons. The minimum Gasteiger partial charge on any atom is -0.368 e. The molecule has 1 aliphatic rings. The number of carbonyl (C=O) groups excluding carboxylic acids is 3. The number of imide groups is 1. The molecule has 3 aromatic rings. The molecule has 4 rings (SSSR count). The zero-order valence-electron chi connectivity index (χ0n) is 21.1. The highest BCUT2D eigenvalue weighted by Gasteiger charge is 2.47. The Morgan fingerprint density at radius 2 is 1.55 bits per heavy atom. The Hall–Kier alpha value is -3.95. The van der Waals surface area contributed by atoms with Gasteiger partial charge in [-0.1, -0.05) is 60.7 Å². The highest BCUT2D eigenvalue weighted by Crippen LogP contribution is 2.35. The molecule has 1 saturated heterocycles. The monoisotopic (exact) mass is 521 g/mol. The minimum atomic E-state index is -1.40. The van der Waals surface area contributed by atoms with Gasteiger partial charge in [-0.25, -0.2) is 8.78 Å². The molecule has 0 bridgehead atoms. The molecule has 9 heteroatoms. The average Bonchev–Trinajstić information content (AvgIpc) is 3.01. The van der Waals surface area contributed by atoms with Crippen LogP contribution in [0.4, 0.5) is 8.78 Å². The summed E-state index contributed by atoms with van der Waals surface area (Å²) in [7, 11) is 1.59. The van der Waals surface area contributed by atoms with Gasteiger partial charge in [0.05, 0.1) is 25.1 Å². The zero-order valence-corrected chi connectivity index (χ0v) is 21.1. The quantitative estimate of drug-likeness (QED) is 0.536. The van der Waals surface area contributed by atoms with Crippen molar-refractivity contribution in [2.75, 3.05) is 13.7 Å². The number of carbonyl (C=O) groups is 3. The van der Waals surface area contributed by atoms with Gasteiger partial charge in [0, 0.05) is 13.1 Å². The van der Waals surface area contributed by atoms with E-state index in [1.807, 2.05) is 30.3 Å². The van der Waals surface area contributed by atoms with Crippen LogP contribution in [0.25, 0.3) is 0 Å². The number of ether oxygens (including phenoxy) is 1. The fourth-order valence-corrected chi connectivity index (χ4v) is 4.66. The molecule has 4 atom stereocenters. The number of halogens is 2. The SMILES string of the molecule is C[C@H](N)C(=O)N(C(=O)Cc1cc(F)cc(F)c1)[C@@H]1C(=O)N(C)[C@H](c2ccccc2)CO[C@@H]1c1ccccc1. The third-order valence-electron chi connectivity index (χ3n) is 6.55. The molecule has 3 aromatic carbocycles. The highest BCUT2D eigenvalue weighted by atomic mass is 19.1. The highest BCUT2D eigenvalue weighted by molar-refractivity contribution is 6.03. The summed E-state index contributed by atoms with van der Waals surface area (Å²) in [6.07, 6.45) is -1.53. The fourth-order valence-electron chi connectivity index (χ4n) is 4.66. The molecule has 0 radical (unpaired) electrons. The Bertz CT molecular complexity index is 1280. The van der Waals surface area contributed by atoms with Crippen LogP contribution in [0.3, 0.4) is 0 Å². The van der Waals surface area contributed by atoms with Gasteiger partial charge in [0.25, 0.3) is 0 Å². The average molecular weight is 522 g/mol. The van der Waals surface area contributed by atoms with E-state index < -0.39 is 60.0 Å². The van der Waals surface area contributed by atoms with Gasteiger partial charge >= 0.3 is 0 Å². The molecule has 1 aliphatic heterocycles. The van der Waals surface area contributed by atoms with Crippen molar-refractivity contribution in [3.63, 3.8) is 0 Å². The molecule has 1 fully saturated rings. The third-order valence-corrected chi connectivity index (χ3v) is 6.55. The number of rotatable bonds is 6. The van der Waals surface area contributed by atoms with E-state index in [0.29, 0.717) is 11.6 Å². The van der Waals surface area contributed by atoms with Crippen LogP contribution >= 0.6 is 0 Å². The van der Waals surface area contributed by atoms with E-state index in [1.54, 1.807) is 37.4 Å². The molecule has 1 heterocycles. The molecule has 0 aromatic heterocycles. The van der Waals surface area contributed by atoms with E-state index in [1.165, 1.54) is 11.8 Å². The Morgan fingerprint density at radius 3 is 2.11 bits per heavy atom. The van der Waals surface area contributed by atoms with Crippen molar-refractivity contribution in [2.45, 2.75) is 37.6 Å². The first-order valence-electron chi connectivity index (χ1n) is 12.2. The maximum atomic E-state index is 14.1. The predicted octanol–water partition coefficient (Wildman–Crippen LogP) is 3.55. The van der Waals surface area contributed by atoms with Gasteiger partial charge in [-0.3, -0.25) is 19.3 Å². The van der Waals surface area contributed by atoms with Crippen LogP contribution in [-0.2, 0) is 25.5 Å². The van der Waals surface area contributed by atoms with Gasteiger partial charge in [-0.2, -0.15) is 0 Å². The van der Waals surface area contributed by atoms with Crippen molar-refractivity contribution in [3.8, 4) is 0 Å². The first kappa shape index (κ1) is 27.1. The first-order chi connectivity index (χ1) is 18.2. The maximum absolute atomic E-state index is 14.1. The van der Waals surface area contributed by atoms with Crippen LogP contribution in [0.5, 0.6) is 0 Å². The number of benzene rings is 3. The Morgan fingerprint density at radius 1 is 1.00 bits per heavy atom. The summed E-state index contributed by atoms with van der Waals surface area (Å²) in [5.74, 6) is -3.88. The van der Waals surface area contributed by atoms with Crippen LogP contribution < -0.4 is 5.73 Å². The second kappa shape index (κ2) is 11.6. The van der Waals surface area contributed by atoms with Gasteiger partial charge < -0.3 is 15.4 Å². The van der Waals surface area contributed by atoms with Gasteiger partial charge in [0.1, 0.15) is 23.8 Å². The maximum Gasteiger partial charge on any atom is 0.249 e. The molecule has 0 saturated carbocycles. The summed E-state index contributed by atoms with van der Waals surface area (Å²) in [4.78, 5) is 43.4. The number of amides is 3. The van der Waals surface area contributed by atoms with Crippen LogP contribution in [0.2, 0.25) is 0 Å². The largest absolute Gasteiger partial charge is 0.368 e. The summed E-state index contributed by atoms with van der Waals surface area (Å²) in [6.45, 7) is 1.51. The van der Waals surface area contributed by atoms with E-state index in [4.69, 9.17) is 10.5 Å². The summed E-state index contributed by atoms with van der Waals surface area (Å²) < 4.78 is 34.0. The summed E-state index contributed by atoms with van der Waals surface area (Å²) in [5, 5.41) is 0. The van der Waals surface area contributed by atoms with Gasteiger partial charge in [0.2, 0.25) is 17.7 Å². The molecule has 0 spiro atoms. The molecular weight excluding hydrogens is 492 g/mol. The van der Waals surface area contributed by atoms with E-state index >= 15 is 0 Å². The van der Waals surface area contributed by atoms with E-state index in [9.17, 15) is 23.2 Å². The van der Waals surface area contributed by atoms with E-state index in [-0.39, 0.29) is 12.2 Å². The summed E-state index contributed by atoms with van der Waals surface area (Å²) in [5.41, 5.74) is 7.34. The number of nitrogens with zero attached hydrogens (tertiary/aromatic N) is 2. The summed E-state index contributed by atoms with van der Waals surface area (Å²) in [6, 6.07) is 17.8. The van der Waals surface area contributed by atoms with Gasteiger partial charge in [0.15, 0.2) is 0 Å². The lowest BCUT2D eigenvalue weighted by Gasteiger charge is -2.35. The number of hydrogen-bond acceptors (Lipinski definition) is 5. The minimum absolute atomic E-state index is 0.0174. The normalized spacial score (nSPS) is 20.5. The van der Waals surface area contributed by atoms with Crippen molar-refractivity contribution < 1.29 is 27.9 Å². The number of likely N-dealkylation sites (N-methyl/N-ethyl adjacent to an activating group) is 1. The van der Waals surface area contributed by atoms with Gasteiger partial charge in [-0.05, 0) is 35.7 Å². The van der Waals surface area contributed by atoms with Crippen molar-refractivity contribution in [2.24, 2.45) is 5.73 Å². The Kier molecular flexibility index (Phi) is 8.29. The zero-order chi connectivity index (χ0) is 27.4. The van der Waals surface area contributed by atoms with Crippen LogP contribution in [0.1, 0.15) is 35.8 Å². The lowest BCUT2D eigenvalue weighted by Crippen LogP contribution is -2.58. The van der Waals surface area contributed by atoms with Crippen LogP contribution in [-0.4, -0.2) is 53.3 Å². The van der Waals surface area contributed by atoms with E-state index in [0.717, 1.165) is 22.6 Å². The second-order valence-corrected chi connectivity index (χ2v) is 9.33. The molecule has 3 amide bonds. The molecule has 7 nitrogen and oxygen atoms in total. The fraction of sp³-hybridized carbons (Fsp3) is 0.276. The second-order valence-electron chi connectivity index (χ2n) is 9.33. The topological polar surface area (TPSA) is 92.9 Å². The lowest BCUT2D eigenvalue weighted by molar-refractivity contribution is -0.158. The van der Waals surface area contributed by atoms with Crippen molar-refractivity contribution >= 4 is 17.7 Å². The van der Waals surface area contributed by atoms with E-state index in [2.05, 4.69) is 0 Å². The van der Waals surface area contributed by atoms with Gasteiger partial charge in [-0.15, -0.1) is 0 Å². The van der Waals surface area contributed by atoms with Crippen molar-refractivity contribution in [1.82, 2.24) is 9.80 Å². The van der Waals surface area contributed by atoms with Crippen LogP contribution in [0, 0.1) is 11.6 Å². The molecule has 0 unspecified atom stereocenters. The molecule has 2 N–H and O–H groups in total. The number of hydrogen-bond donors (Lipinski definition) is 1. The molecule has 0 aliphatic carbocycles. The Labute approximate surface area is 219 Å². The third kappa shape index (κ3) is 5.79. The predicted molar refractivity (Wildman–Crippen MR) is 136 cm³/mol. The standard InChI is InChI=1S/C29H29F2N3O4/c1-18(32)28(36)34(25(35)15-19-13-22(30)16-23(31)14-19)26-27(21-11-7-4-8-12-21)38-17-24(33(2)29(26)37)20-9-5-3-6-10-20/h3-14,16,18,24,26-27H,15,17,32H2,1-2H3/t18-,24-,26-,27+/m0/s1. The summed E-state index contributed by atoms with van der Waals surface area (Å²) >= 11 is 0.